The summed E-state index contributed by atoms with van der Waals surface area (Å²) in [6.45, 7) is 3.75. The summed E-state index contributed by atoms with van der Waals surface area (Å²) in [7, 11) is 0. The second-order valence-corrected chi connectivity index (χ2v) is 7.06. The van der Waals surface area contributed by atoms with Gasteiger partial charge in [0.1, 0.15) is 17.8 Å². The third-order valence-corrected chi connectivity index (χ3v) is 5.06. The minimum Gasteiger partial charge on any atom is -0.448 e. The lowest BCUT2D eigenvalue weighted by Gasteiger charge is -2.36. The standard InChI is InChI=1S/C22H17F4N5O2/c1-2-18-29-20-15(9-10-33-20)19(27)31(18)14-6-4-13(5-7-14)30(21(28)32)17-11-12(22(24,25)26)3-8-16(17)23/h2-11,18,27,29H,1H2,(H2,28,32). The third-order valence-electron chi connectivity index (χ3n) is 5.06. The van der Waals surface area contributed by atoms with Crippen molar-refractivity contribution in [3.63, 3.8) is 0 Å². The second kappa shape index (κ2) is 8.01. The summed E-state index contributed by atoms with van der Waals surface area (Å²) in [4.78, 5) is 14.3. The van der Waals surface area contributed by atoms with Gasteiger partial charge in [-0.15, -0.1) is 0 Å². The van der Waals surface area contributed by atoms with Crippen LogP contribution in [0.2, 0.25) is 0 Å². The van der Waals surface area contributed by atoms with Crippen LogP contribution in [-0.2, 0) is 6.18 Å². The van der Waals surface area contributed by atoms with E-state index in [1.807, 2.05) is 0 Å². The maximum absolute atomic E-state index is 14.4. The lowest BCUT2D eigenvalue weighted by molar-refractivity contribution is -0.137. The Morgan fingerprint density at radius 1 is 1.21 bits per heavy atom. The van der Waals surface area contributed by atoms with E-state index in [9.17, 15) is 22.4 Å². The molecule has 1 atom stereocenters. The lowest BCUT2D eigenvalue weighted by atomic mass is 10.1. The molecule has 2 heterocycles. The quantitative estimate of drug-likeness (QED) is 0.358. The smallest absolute Gasteiger partial charge is 0.416 e. The zero-order chi connectivity index (χ0) is 23.9. The molecular formula is C22H17F4N5O2. The molecule has 0 saturated carbocycles. The summed E-state index contributed by atoms with van der Waals surface area (Å²) < 4.78 is 59.0. The summed E-state index contributed by atoms with van der Waals surface area (Å²) in [5, 5.41) is 11.6. The SMILES string of the molecule is C=CC1Nc2occc2C(=N)N1c1ccc(N(C(N)=O)c2cc(C(F)(F)F)ccc2F)cc1. The summed E-state index contributed by atoms with van der Waals surface area (Å²) in [6.07, 6.45) is -2.27. The Morgan fingerprint density at radius 2 is 1.91 bits per heavy atom. The molecule has 2 aromatic carbocycles. The number of primary amides is 1. The Bertz CT molecular complexity index is 1240. The second-order valence-electron chi connectivity index (χ2n) is 7.06. The van der Waals surface area contributed by atoms with E-state index in [0.717, 1.165) is 0 Å². The van der Waals surface area contributed by atoms with E-state index in [2.05, 4.69) is 11.9 Å². The number of carbonyl (C=O) groups is 1. The number of halogens is 4. The van der Waals surface area contributed by atoms with Gasteiger partial charge < -0.3 is 20.4 Å². The van der Waals surface area contributed by atoms with E-state index in [-0.39, 0.29) is 11.5 Å². The predicted molar refractivity (Wildman–Crippen MR) is 115 cm³/mol. The fourth-order valence-electron chi connectivity index (χ4n) is 3.54. The van der Waals surface area contributed by atoms with Gasteiger partial charge in [-0.3, -0.25) is 10.3 Å². The Kier molecular flexibility index (Phi) is 5.32. The van der Waals surface area contributed by atoms with E-state index < -0.39 is 35.4 Å². The van der Waals surface area contributed by atoms with Crippen LogP contribution in [0.15, 0.2) is 71.9 Å². The van der Waals surface area contributed by atoms with Gasteiger partial charge in [0, 0.05) is 5.69 Å². The summed E-state index contributed by atoms with van der Waals surface area (Å²) in [6, 6.07) is 8.00. The van der Waals surface area contributed by atoms with Crippen molar-refractivity contribution in [2.75, 3.05) is 15.1 Å². The molecule has 0 fully saturated rings. The molecule has 11 heteroatoms. The molecule has 0 bridgehead atoms. The van der Waals surface area contributed by atoms with E-state index >= 15 is 0 Å². The van der Waals surface area contributed by atoms with Crippen molar-refractivity contribution < 1.29 is 26.8 Å². The predicted octanol–water partition coefficient (Wildman–Crippen LogP) is 5.42. The highest BCUT2D eigenvalue weighted by Crippen LogP contribution is 2.37. The van der Waals surface area contributed by atoms with Crippen LogP contribution < -0.4 is 20.9 Å². The molecule has 4 rings (SSSR count). The van der Waals surface area contributed by atoms with Gasteiger partial charge in [-0.05, 0) is 54.6 Å². The molecule has 3 aromatic rings. The number of anilines is 4. The van der Waals surface area contributed by atoms with Crippen molar-refractivity contribution in [2.45, 2.75) is 12.3 Å². The van der Waals surface area contributed by atoms with Crippen LogP contribution in [0.25, 0.3) is 0 Å². The van der Waals surface area contributed by atoms with Crippen LogP contribution in [0.4, 0.5) is 45.3 Å². The number of carbonyl (C=O) groups excluding carboxylic acids is 1. The first-order chi connectivity index (χ1) is 15.6. The number of hydrogen-bond donors (Lipinski definition) is 3. The zero-order valence-electron chi connectivity index (χ0n) is 16.9. The number of amides is 2. The van der Waals surface area contributed by atoms with Gasteiger partial charge in [0.2, 0.25) is 5.88 Å². The number of nitrogens with two attached hydrogens (primary N) is 1. The normalized spacial score (nSPS) is 15.6. The van der Waals surface area contributed by atoms with E-state index in [1.54, 1.807) is 17.0 Å². The molecular weight excluding hydrogens is 442 g/mol. The highest BCUT2D eigenvalue weighted by molar-refractivity contribution is 6.13. The van der Waals surface area contributed by atoms with Crippen molar-refractivity contribution >= 4 is 34.8 Å². The summed E-state index contributed by atoms with van der Waals surface area (Å²) in [5.74, 6) is -0.518. The summed E-state index contributed by atoms with van der Waals surface area (Å²) >= 11 is 0. The van der Waals surface area contributed by atoms with Gasteiger partial charge in [-0.25, -0.2) is 9.18 Å². The molecule has 1 unspecified atom stereocenters. The number of alkyl halides is 3. The number of rotatable bonds is 4. The van der Waals surface area contributed by atoms with Gasteiger partial charge in [0.25, 0.3) is 0 Å². The Hall–Kier alpha value is -4.28. The van der Waals surface area contributed by atoms with E-state index in [1.165, 1.54) is 30.5 Å². The first-order valence-electron chi connectivity index (χ1n) is 9.53. The lowest BCUT2D eigenvalue weighted by Crippen LogP contribution is -2.47. The number of urea groups is 1. The number of hydrogen-bond acceptors (Lipinski definition) is 4. The highest BCUT2D eigenvalue weighted by atomic mass is 19.4. The number of furan rings is 1. The minimum atomic E-state index is -4.73. The Morgan fingerprint density at radius 3 is 2.52 bits per heavy atom. The molecule has 33 heavy (non-hydrogen) atoms. The van der Waals surface area contributed by atoms with Gasteiger partial charge in [0.15, 0.2) is 0 Å². The number of nitrogens with one attached hydrogen (secondary N) is 2. The first-order valence-corrected chi connectivity index (χ1v) is 9.53. The van der Waals surface area contributed by atoms with Crippen LogP contribution in [-0.4, -0.2) is 18.0 Å². The Labute approximate surface area is 185 Å². The highest BCUT2D eigenvalue weighted by Gasteiger charge is 2.33. The molecule has 2 amide bonds. The maximum atomic E-state index is 14.4. The van der Waals surface area contributed by atoms with Crippen molar-refractivity contribution in [3.8, 4) is 0 Å². The van der Waals surface area contributed by atoms with Crippen LogP contribution >= 0.6 is 0 Å². The fraction of sp³-hybridized carbons (Fsp3) is 0.0909. The molecule has 0 radical (unpaired) electrons. The zero-order valence-corrected chi connectivity index (χ0v) is 16.9. The molecule has 0 saturated heterocycles. The van der Waals surface area contributed by atoms with Crippen LogP contribution in [0.3, 0.4) is 0 Å². The molecule has 170 valence electrons. The van der Waals surface area contributed by atoms with Crippen LogP contribution in [0.1, 0.15) is 11.1 Å². The molecule has 0 spiro atoms. The Balaban J connectivity index is 1.72. The largest absolute Gasteiger partial charge is 0.448 e. The molecule has 0 aliphatic carbocycles. The molecule has 7 nitrogen and oxygen atoms in total. The van der Waals surface area contributed by atoms with Gasteiger partial charge in [0.05, 0.1) is 28.8 Å². The number of benzene rings is 2. The molecule has 4 N–H and O–H groups in total. The average molecular weight is 459 g/mol. The van der Waals surface area contributed by atoms with Gasteiger partial charge >= 0.3 is 12.2 Å². The van der Waals surface area contributed by atoms with Gasteiger partial charge in [-0.2, -0.15) is 13.2 Å². The monoisotopic (exact) mass is 459 g/mol. The van der Waals surface area contributed by atoms with E-state index in [4.69, 9.17) is 15.6 Å². The van der Waals surface area contributed by atoms with Crippen LogP contribution in [0, 0.1) is 11.2 Å². The third kappa shape index (κ3) is 3.88. The van der Waals surface area contributed by atoms with Crippen molar-refractivity contribution in [3.05, 3.63) is 84.4 Å². The van der Waals surface area contributed by atoms with E-state index in [0.29, 0.717) is 40.2 Å². The van der Waals surface area contributed by atoms with Crippen molar-refractivity contribution in [1.29, 1.82) is 5.41 Å². The van der Waals surface area contributed by atoms with Crippen molar-refractivity contribution in [2.24, 2.45) is 5.73 Å². The topological polar surface area (TPSA) is 98.6 Å². The molecule has 1 aliphatic rings. The fourth-order valence-corrected chi connectivity index (χ4v) is 3.54. The average Bonchev–Trinajstić information content (AvgIpc) is 3.24. The van der Waals surface area contributed by atoms with Crippen LogP contribution in [0.5, 0.6) is 0 Å². The minimum absolute atomic E-state index is 0.0418. The van der Waals surface area contributed by atoms with Crippen molar-refractivity contribution in [1.82, 2.24) is 0 Å². The number of amidine groups is 1. The first kappa shape index (κ1) is 21.9. The number of nitrogens with zero attached hydrogens (tertiary/aromatic N) is 2. The molecule has 1 aliphatic heterocycles. The summed E-state index contributed by atoms with van der Waals surface area (Å²) in [5.41, 5.74) is 4.68. The molecule has 1 aromatic heterocycles. The maximum Gasteiger partial charge on any atom is 0.416 e. The number of fused-ring (bicyclic) bond motifs is 1. The van der Waals surface area contributed by atoms with Gasteiger partial charge in [-0.1, -0.05) is 6.58 Å².